The fourth-order valence-corrected chi connectivity index (χ4v) is 2.25. The fraction of sp³-hybridized carbons (Fsp3) is 0.278. The standard InChI is InChI=1S/C18H20FNO2/c1-13-5-3-6-14(2)18(13)22-12-17(21)20-10-9-15-7-4-8-16(19)11-15/h3-8,11H,9-10,12H2,1-2H3,(H,20,21). The van der Waals surface area contributed by atoms with Crippen LogP contribution in [0, 0.1) is 19.7 Å². The summed E-state index contributed by atoms with van der Waals surface area (Å²) in [5.74, 6) is 0.309. The van der Waals surface area contributed by atoms with Gasteiger partial charge in [0, 0.05) is 6.54 Å². The number of benzene rings is 2. The Kier molecular flexibility index (Phi) is 5.53. The van der Waals surface area contributed by atoms with Crippen LogP contribution in [0.15, 0.2) is 42.5 Å². The Morgan fingerprint density at radius 1 is 1.14 bits per heavy atom. The Morgan fingerprint density at radius 2 is 1.82 bits per heavy atom. The zero-order chi connectivity index (χ0) is 15.9. The van der Waals surface area contributed by atoms with Gasteiger partial charge in [-0.25, -0.2) is 4.39 Å². The van der Waals surface area contributed by atoms with Gasteiger partial charge in [0.25, 0.3) is 5.91 Å². The summed E-state index contributed by atoms with van der Waals surface area (Å²) in [7, 11) is 0. The van der Waals surface area contributed by atoms with Crippen LogP contribution < -0.4 is 10.1 Å². The monoisotopic (exact) mass is 301 g/mol. The van der Waals surface area contributed by atoms with Crippen molar-refractivity contribution >= 4 is 5.91 Å². The first-order chi connectivity index (χ1) is 10.6. The van der Waals surface area contributed by atoms with E-state index >= 15 is 0 Å². The number of carbonyl (C=O) groups excluding carboxylic acids is 1. The Hall–Kier alpha value is -2.36. The highest BCUT2D eigenvalue weighted by Crippen LogP contribution is 2.21. The molecular weight excluding hydrogens is 281 g/mol. The zero-order valence-electron chi connectivity index (χ0n) is 12.9. The summed E-state index contributed by atoms with van der Waals surface area (Å²) < 4.78 is 18.6. The normalized spacial score (nSPS) is 10.3. The van der Waals surface area contributed by atoms with Gasteiger partial charge in [0.1, 0.15) is 11.6 Å². The lowest BCUT2D eigenvalue weighted by Gasteiger charge is -2.12. The molecule has 0 spiro atoms. The van der Waals surface area contributed by atoms with Gasteiger partial charge in [-0.1, -0.05) is 30.3 Å². The summed E-state index contributed by atoms with van der Waals surface area (Å²) in [5.41, 5.74) is 2.87. The summed E-state index contributed by atoms with van der Waals surface area (Å²) in [6.45, 7) is 4.33. The van der Waals surface area contributed by atoms with Gasteiger partial charge >= 0.3 is 0 Å². The van der Waals surface area contributed by atoms with E-state index in [0.29, 0.717) is 13.0 Å². The molecule has 1 amide bonds. The number of rotatable bonds is 6. The summed E-state index contributed by atoms with van der Waals surface area (Å²) in [5, 5.41) is 2.77. The van der Waals surface area contributed by atoms with Crippen molar-refractivity contribution in [1.29, 1.82) is 0 Å². The summed E-state index contributed by atoms with van der Waals surface area (Å²) >= 11 is 0. The minimum absolute atomic E-state index is 0.0190. The highest BCUT2D eigenvalue weighted by Gasteiger charge is 2.07. The molecule has 0 saturated carbocycles. The van der Waals surface area contributed by atoms with E-state index in [0.717, 1.165) is 22.4 Å². The topological polar surface area (TPSA) is 38.3 Å². The second-order valence-corrected chi connectivity index (χ2v) is 5.24. The zero-order valence-corrected chi connectivity index (χ0v) is 12.9. The number of amides is 1. The van der Waals surface area contributed by atoms with Gasteiger partial charge in [0.2, 0.25) is 0 Å². The molecule has 116 valence electrons. The molecule has 22 heavy (non-hydrogen) atoms. The fourth-order valence-electron chi connectivity index (χ4n) is 2.25. The average Bonchev–Trinajstić information content (AvgIpc) is 2.47. The second-order valence-electron chi connectivity index (χ2n) is 5.24. The molecule has 0 bridgehead atoms. The molecular formula is C18H20FNO2. The third-order valence-electron chi connectivity index (χ3n) is 3.38. The number of nitrogens with one attached hydrogen (secondary N) is 1. The van der Waals surface area contributed by atoms with E-state index in [1.54, 1.807) is 6.07 Å². The van der Waals surface area contributed by atoms with Crippen LogP contribution in [-0.2, 0) is 11.2 Å². The van der Waals surface area contributed by atoms with Crippen molar-refractivity contribution in [3.63, 3.8) is 0 Å². The van der Waals surface area contributed by atoms with Crippen LogP contribution in [0.5, 0.6) is 5.75 Å². The lowest BCUT2D eigenvalue weighted by atomic mass is 10.1. The van der Waals surface area contributed by atoms with E-state index in [1.165, 1.54) is 12.1 Å². The van der Waals surface area contributed by atoms with Crippen LogP contribution in [0.25, 0.3) is 0 Å². The smallest absolute Gasteiger partial charge is 0.257 e. The lowest BCUT2D eigenvalue weighted by Crippen LogP contribution is -2.30. The minimum Gasteiger partial charge on any atom is -0.483 e. The Bertz CT molecular complexity index is 635. The maximum Gasteiger partial charge on any atom is 0.257 e. The highest BCUT2D eigenvalue weighted by molar-refractivity contribution is 5.77. The Balaban J connectivity index is 1.77. The third kappa shape index (κ3) is 4.58. The number of aryl methyl sites for hydroxylation is 2. The van der Waals surface area contributed by atoms with Gasteiger partial charge < -0.3 is 10.1 Å². The van der Waals surface area contributed by atoms with E-state index in [9.17, 15) is 9.18 Å². The van der Waals surface area contributed by atoms with Crippen LogP contribution in [0.3, 0.4) is 0 Å². The van der Waals surface area contributed by atoms with Crippen molar-refractivity contribution in [1.82, 2.24) is 5.32 Å². The molecule has 2 aromatic rings. The number of halogens is 1. The molecule has 2 rings (SSSR count). The molecule has 4 heteroatoms. The Morgan fingerprint density at radius 3 is 2.50 bits per heavy atom. The van der Waals surface area contributed by atoms with Crippen molar-refractivity contribution in [2.24, 2.45) is 0 Å². The van der Waals surface area contributed by atoms with Crippen molar-refractivity contribution in [2.45, 2.75) is 20.3 Å². The van der Waals surface area contributed by atoms with Gasteiger partial charge in [-0.3, -0.25) is 4.79 Å². The predicted molar refractivity (Wildman–Crippen MR) is 84.5 cm³/mol. The van der Waals surface area contributed by atoms with E-state index in [4.69, 9.17) is 4.74 Å². The number of hydrogen-bond acceptors (Lipinski definition) is 2. The molecule has 0 radical (unpaired) electrons. The molecule has 2 aromatic carbocycles. The molecule has 0 saturated heterocycles. The first kappa shape index (κ1) is 16.0. The molecule has 0 fully saturated rings. The van der Waals surface area contributed by atoms with Crippen LogP contribution in [0.2, 0.25) is 0 Å². The number of para-hydroxylation sites is 1. The lowest BCUT2D eigenvalue weighted by molar-refractivity contribution is -0.123. The van der Waals surface area contributed by atoms with Crippen LogP contribution >= 0.6 is 0 Å². The number of carbonyl (C=O) groups is 1. The SMILES string of the molecule is Cc1cccc(C)c1OCC(=O)NCCc1cccc(F)c1. The predicted octanol–water partition coefficient (Wildman–Crippen LogP) is 3.18. The van der Waals surface area contributed by atoms with Gasteiger partial charge in [-0.15, -0.1) is 0 Å². The van der Waals surface area contributed by atoms with Gasteiger partial charge in [0.05, 0.1) is 0 Å². The molecule has 1 N–H and O–H groups in total. The first-order valence-corrected chi connectivity index (χ1v) is 7.26. The quantitative estimate of drug-likeness (QED) is 0.890. The maximum absolute atomic E-state index is 13.0. The van der Waals surface area contributed by atoms with Crippen molar-refractivity contribution in [2.75, 3.05) is 13.2 Å². The van der Waals surface area contributed by atoms with Crippen LogP contribution in [-0.4, -0.2) is 19.1 Å². The van der Waals surface area contributed by atoms with Crippen LogP contribution in [0.1, 0.15) is 16.7 Å². The van der Waals surface area contributed by atoms with E-state index < -0.39 is 0 Å². The van der Waals surface area contributed by atoms with E-state index in [-0.39, 0.29) is 18.3 Å². The summed E-state index contributed by atoms with van der Waals surface area (Å²) in [6.07, 6.45) is 0.590. The number of hydrogen-bond donors (Lipinski definition) is 1. The van der Waals surface area contributed by atoms with Gasteiger partial charge in [-0.05, 0) is 49.1 Å². The van der Waals surface area contributed by atoms with E-state index in [2.05, 4.69) is 5.32 Å². The van der Waals surface area contributed by atoms with Gasteiger partial charge in [0.15, 0.2) is 6.61 Å². The second kappa shape index (κ2) is 7.59. The summed E-state index contributed by atoms with van der Waals surface area (Å²) in [6, 6.07) is 12.2. The molecule has 0 aliphatic carbocycles. The van der Waals surface area contributed by atoms with Crippen molar-refractivity contribution in [3.05, 3.63) is 65.0 Å². The van der Waals surface area contributed by atoms with Crippen LogP contribution in [0.4, 0.5) is 4.39 Å². The summed E-state index contributed by atoms with van der Waals surface area (Å²) in [4.78, 5) is 11.8. The molecule has 0 unspecified atom stereocenters. The average molecular weight is 301 g/mol. The largest absolute Gasteiger partial charge is 0.483 e. The molecule has 0 aliphatic rings. The minimum atomic E-state index is -0.262. The van der Waals surface area contributed by atoms with Gasteiger partial charge in [-0.2, -0.15) is 0 Å². The molecule has 0 heterocycles. The molecule has 0 aliphatic heterocycles. The molecule has 0 aromatic heterocycles. The van der Waals surface area contributed by atoms with Crippen molar-refractivity contribution in [3.8, 4) is 5.75 Å². The third-order valence-corrected chi connectivity index (χ3v) is 3.38. The van der Waals surface area contributed by atoms with Crippen molar-refractivity contribution < 1.29 is 13.9 Å². The number of ether oxygens (including phenoxy) is 1. The maximum atomic E-state index is 13.0. The Labute approximate surface area is 130 Å². The molecule has 0 atom stereocenters. The molecule has 3 nitrogen and oxygen atoms in total. The highest BCUT2D eigenvalue weighted by atomic mass is 19.1. The van der Waals surface area contributed by atoms with E-state index in [1.807, 2.05) is 38.1 Å². The first-order valence-electron chi connectivity index (χ1n) is 7.26.